The summed E-state index contributed by atoms with van der Waals surface area (Å²) in [5.74, 6) is 0. The number of aliphatic hydroxyl groups excluding tert-OH is 1. The van der Waals surface area contributed by atoms with Gasteiger partial charge < -0.3 is 5.11 Å². The van der Waals surface area contributed by atoms with E-state index in [9.17, 15) is 5.11 Å². The first-order valence-electron chi connectivity index (χ1n) is 7.32. The molecule has 1 rings (SSSR count). The number of rotatable bonds is 7. The second-order valence-electron chi connectivity index (χ2n) is 5.51. The van der Waals surface area contributed by atoms with Crippen LogP contribution in [0.3, 0.4) is 0 Å². The van der Waals surface area contributed by atoms with Crippen LogP contribution in [-0.2, 0) is 0 Å². The predicted molar refractivity (Wildman–Crippen MR) is 79.0 cm³/mol. The van der Waals surface area contributed by atoms with Gasteiger partial charge in [0.15, 0.2) is 0 Å². The largest absolute Gasteiger partial charge is 0.388 e. The third kappa shape index (κ3) is 4.45. The van der Waals surface area contributed by atoms with Gasteiger partial charge in [0.2, 0.25) is 0 Å². The second-order valence-corrected chi connectivity index (χ2v) is 5.51. The van der Waals surface area contributed by atoms with Crippen LogP contribution in [0.1, 0.15) is 73.8 Å². The van der Waals surface area contributed by atoms with E-state index in [-0.39, 0.29) is 6.10 Å². The highest BCUT2D eigenvalue weighted by Crippen LogP contribution is 2.25. The van der Waals surface area contributed by atoms with Gasteiger partial charge in [-0.1, -0.05) is 51.2 Å². The fourth-order valence-electron chi connectivity index (χ4n) is 2.44. The molecule has 0 aliphatic carbocycles. The molecular weight excluding hydrogens is 220 g/mol. The molecule has 0 saturated heterocycles. The number of aliphatic hydroxyl groups is 1. The van der Waals surface area contributed by atoms with E-state index in [1.54, 1.807) is 0 Å². The number of aryl methyl sites for hydroxylation is 3. The SMILES string of the molecule is CCCCCCCC(O)c1cc(C)c(C)cc1C. The summed E-state index contributed by atoms with van der Waals surface area (Å²) in [6, 6.07) is 4.34. The molecule has 0 bridgehead atoms. The van der Waals surface area contributed by atoms with Gasteiger partial charge in [0, 0.05) is 0 Å². The first-order valence-corrected chi connectivity index (χ1v) is 7.32. The highest BCUT2D eigenvalue weighted by atomic mass is 16.3. The average molecular weight is 248 g/mol. The lowest BCUT2D eigenvalue weighted by atomic mass is 9.94. The van der Waals surface area contributed by atoms with Crippen LogP contribution in [0.15, 0.2) is 12.1 Å². The van der Waals surface area contributed by atoms with Gasteiger partial charge in [0.25, 0.3) is 0 Å². The van der Waals surface area contributed by atoms with Crippen molar-refractivity contribution in [2.45, 2.75) is 72.3 Å². The van der Waals surface area contributed by atoms with Gasteiger partial charge >= 0.3 is 0 Å². The molecule has 0 radical (unpaired) electrons. The van der Waals surface area contributed by atoms with Crippen LogP contribution in [0, 0.1) is 20.8 Å². The molecule has 0 fully saturated rings. The molecule has 0 amide bonds. The molecule has 102 valence electrons. The molecule has 1 aromatic carbocycles. The Morgan fingerprint density at radius 2 is 1.50 bits per heavy atom. The normalized spacial score (nSPS) is 12.7. The van der Waals surface area contributed by atoms with Crippen molar-refractivity contribution in [3.8, 4) is 0 Å². The third-order valence-electron chi connectivity index (χ3n) is 3.82. The number of hydrogen-bond acceptors (Lipinski definition) is 1. The van der Waals surface area contributed by atoms with Crippen LogP contribution >= 0.6 is 0 Å². The summed E-state index contributed by atoms with van der Waals surface area (Å²) in [5, 5.41) is 10.3. The topological polar surface area (TPSA) is 20.2 Å². The maximum Gasteiger partial charge on any atom is 0.0792 e. The number of hydrogen-bond donors (Lipinski definition) is 1. The third-order valence-corrected chi connectivity index (χ3v) is 3.82. The van der Waals surface area contributed by atoms with Crippen molar-refractivity contribution in [3.63, 3.8) is 0 Å². The van der Waals surface area contributed by atoms with Gasteiger partial charge in [-0.2, -0.15) is 0 Å². The Labute approximate surface area is 112 Å². The summed E-state index contributed by atoms with van der Waals surface area (Å²) >= 11 is 0. The molecule has 0 saturated carbocycles. The second kappa shape index (κ2) is 7.58. The van der Waals surface area contributed by atoms with Crippen molar-refractivity contribution in [1.29, 1.82) is 0 Å². The Morgan fingerprint density at radius 3 is 2.17 bits per heavy atom. The van der Waals surface area contributed by atoms with Crippen molar-refractivity contribution in [1.82, 2.24) is 0 Å². The molecule has 1 N–H and O–H groups in total. The highest BCUT2D eigenvalue weighted by Gasteiger charge is 2.11. The van der Waals surface area contributed by atoms with Crippen LogP contribution in [-0.4, -0.2) is 5.11 Å². The van der Waals surface area contributed by atoms with E-state index < -0.39 is 0 Å². The van der Waals surface area contributed by atoms with Crippen LogP contribution in [0.25, 0.3) is 0 Å². The monoisotopic (exact) mass is 248 g/mol. The van der Waals surface area contributed by atoms with Gasteiger partial charge in [-0.3, -0.25) is 0 Å². The highest BCUT2D eigenvalue weighted by molar-refractivity contribution is 5.37. The van der Waals surface area contributed by atoms with Gasteiger partial charge in [0.05, 0.1) is 6.10 Å². The number of benzene rings is 1. The van der Waals surface area contributed by atoms with E-state index in [4.69, 9.17) is 0 Å². The Hall–Kier alpha value is -0.820. The minimum atomic E-state index is -0.286. The summed E-state index contributed by atoms with van der Waals surface area (Å²) in [7, 11) is 0. The summed E-state index contributed by atoms with van der Waals surface area (Å²) in [6.45, 7) is 8.57. The Morgan fingerprint density at radius 1 is 0.889 bits per heavy atom. The van der Waals surface area contributed by atoms with E-state index in [0.29, 0.717) is 0 Å². The van der Waals surface area contributed by atoms with Crippen molar-refractivity contribution in [2.75, 3.05) is 0 Å². The first kappa shape index (κ1) is 15.2. The molecule has 1 heteroatoms. The van der Waals surface area contributed by atoms with E-state index >= 15 is 0 Å². The lowest BCUT2D eigenvalue weighted by Gasteiger charge is -2.16. The quantitative estimate of drug-likeness (QED) is 0.673. The zero-order valence-electron chi connectivity index (χ0n) is 12.4. The summed E-state index contributed by atoms with van der Waals surface area (Å²) in [6.07, 6.45) is 6.88. The van der Waals surface area contributed by atoms with Crippen LogP contribution in [0.2, 0.25) is 0 Å². The van der Waals surface area contributed by atoms with Gasteiger partial charge in [-0.25, -0.2) is 0 Å². The predicted octanol–water partition coefficient (Wildman–Crippen LogP) is 5.01. The van der Waals surface area contributed by atoms with Crippen LogP contribution in [0.5, 0.6) is 0 Å². The zero-order chi connectivity index (χ0) is 13.5. The van der Waals surface area contributed by atoms with Crippen molar-refractivity contribution in [3.05, 3.63) is 34.4 Å². The van der Waals surface area contributed by atoms with Crippen molar-refractivity contribution >= 4 is 0 Å². The minimum absolute atomic E-state index is 0.286. The molecule has 0 spiro atoms. The molecule has 0 aliphatic rings. The molecule has 1 atom stereocenters. The Balaban J connectivity index is 2.51. The van der Waals surface area contributed by atoms with Crippen molar-refractivity contribution in [2.24, 2.45) is 0 Å². The molecule has 1 nitrogen and oxygen atoms in total. The minimum Gasteiger partial charge on any atom is -0.388 e. The smallest absolute Gasteiger partial charge is 0.0792 e. The fraction of sp³-hybridized carbons (Fsp3) is 0.647. The molecule has 1 unspecified atom stereocenters. The van der Waals surface area contributed by atoms with E-state index in [0.717, 1.165) is 18.4 Å². The molecule has 0 heterocycles. The Bertz CT molecular complexity index is 368. The lowest BCUT2D eigenvalue weighted by Crippen LogP contribution is -2.02. The molecule has 1 aromatic rings. The van der Waals surface area contributed by atoms with Gasteiger partial charge in [-0.05, 0) is 49.4 Å². The maximum absolute atomic E-state index is 10.3. The zero-order valence-corrected chi connectivity index (χ0v) is 12.4. The van der Waals surface area contributed by atoms with Crippen LogP contribution < -0.4 is 0 Å². The van der Waals surface area contributed by atoms with Gasteiger partial charge in [0.1, 0.15) is 0 Å². The maximum atomic E-state index is 10.3. The summed E-state index contributed by atoms with van der Waals surface area (Å²) in [4.78, 5) is 0. The summed E-state index contributed by atoms with van der Waals surface area (Å²) in [5.41, 5.74) is 4.93. The molecule has 0 aliphatic heterocycles. The van der Waals surface area contributed by atoms with Crippen LogP contribution in [0.4, 0.5) is 0 Å². The Kier molecular flexibility index (Phi) is 6.42. The van der Waals surface area contributed by atoms with E-state index in [1.165, 1.54) is 42.4 Å². The van der Waals surface area contributed by atoms with E-state index in [2.05, 4.69) is 39.8 Å². The molecule has 0 aromatic heterocycles. The van der Waals surface area contributed by atoms with E-state index in [1.807, 2.05) is 0 Å². The summed E-state index contributed by atoms with van der Waals surface area (Å²) < 4.78 is 0. The fourth-order valence-corrected chi connectivity index (χ4v) is 2.44. The lowest BCUT2D eigenvalue weighted by molar-refractivity contribution is 0.162. The average Bonchev–Trinajstić information content (AvgIpc) is 2.33. The number of unbranched alkanes of at least 4 members (excludes halogenated alkanes) is 4. The standard InChI is InChI=1S/C17H28O/c1-5-6-7-8-9-10-17(18)16-12-14(3)13(2)11-15(16)4/h11-12,17-18H,5-10H2,1-4H3. The molecule has 18 heavy (non-hydrogen) atoms. The first-order chi connectivity index (χ1) is 8.56. The van der Waals surface area contributed by atoms with Crippen molar-refractivity contribution < 1.29 is 5.11 Å². The molecular formula is C17H28O. The van der Waals surface area contributed by atoms with Gasteiger partial charge in [-0.15, -0.1) is 0 Å².